The number of halogens is 1. The largest absolute Gasteiger partial charge is 0.380 e. The molecule has 0 radical (unpaired) electrons. The summed E-state index contributed by atoms with van der Waals surface area (Å²) < 4.78 is 5.06. The lowest BCUT2D eigenvalue weighted by Crippen LogP contribution is -2.26. The quantitative estimate of drug-likeness (QED) is 0.589. The van der Waals surface area contributed by atoms with Gasteiger partial charge in [0.25, 0.3) is 11.6 Å². The first-order valence-corrected chi connectivity index (χ1v) is 7.56. The van der Waals surface area contributed by atoms with Crippen LogP contribution in [0.15, 0.2) is 42.5 Å². The lowest BCUT2D eigenvalue weighted by molar-refractivity contribution is -0.384. The fourth-order valence-electron chi connectivity index (χ4n) is 2.30. The van der Waals surface area contributed by atoms with E-state index in [1.165, 1.54) is 23.1 Å². The molecule has 0 unspecified atom stereocenters. The summed E-state index contributed by atoms with van der Waals surface area (Å²) in [5.41, 5.74) is 1.88. The molecule has 0 atom stereocenters. The number of carbonyl (C=O) groups excluding carboxylic acids is 1. The number of amides is 1. The van der Waals surface area contributed by atoms with Gasteiger partial charge in [-0.1, -0.05) is 23.7 Å². The Morgan fingerprint density at radius 3 is 2.71 bits per heavy atom. The lowest BCUT2D eigenvalue weighted by atomic mass is 10.1. The van der Waals surface area contributed by atoms with Gasteiger partial charge in [0.05, 0.1) is 11.5 Å². The Balaban J connectivity index is 2.18. The van der Waals surface area contributed by atoms with Gasteiger partial charge in [0.1, 0.15) is 0 Å². The monoisotopic (exact) mass is 348 g/mol. The van der Waals surface area contributed by atoms with Crippen LogP contribution < -0.4 is 0 Å². The van der Waals surface area contributed by atoms with E-state index in [-0.39, 0.29) is 18.1 Å². The molecular formula is C17H17ClN2O4. The summed E-state index contributed by atoms with van der Waals surface area (Å²) in [5.74, 6) is -0.199. The number of hydrogen-bond acceptors (Lipinski definition) is 4. The number of rotatable bonds is 6. The second kappa shape index (κ2) is 7.90. The van der Waals surface area contributed by atoms with Gasteiger partial charge in [-0.3, -0.25) is 14.9 Å². The summed E-state index contributed by atoms with van der Waals surface area (Å²) in [6.45, 7) is 0.593. The molecule has 2 aromatic carbocycles. The highest BCUT2D eigenvalue weighted by molar-refractivity contribution is 6.31. The number of nitro benzene ring substituents is 1. The van der Waals surface area contributed by atoms with Gasteiger partial charge in [0, 0.05) is 43.4 Å². The highest BCUT2D eigenvalue weighted by Crippen LogP contribution is 2.23. The minimum Gasteiger partial charge on any atom is -0.380 e. The normalized spacial score (nSPS) is 10.5. The molecule has 1 amide bonds. The highest BCUT2D eigenvalue weighted by atomic mass is 35.5. The molecular weight excluding hydrogens is 332 g/mol. The van der Waals surface area contributed by atoms with Crippen molar-refractivity contribution in [2.24, 2.45) is 0 Å². The van der Waals surface area contributed by atoms with Crippen LogP contribution in [-0.2, 0) is 17.9 Å². The van der Waals surface area contributed by atoms with Crippen molar-refractivity contribution in [1.82, 2.24) is 4.90 Å². The van der Waals surface area contributed by atoms with Crippen molar-refractivity contribution in [3.8, 4) is 0 Å². The molecule has 0 saturated carbocycles. The van der Waals surface area contributed by atoms with Gasteiger partial charge in [0.15, 0.2) is 0 Å². The number of ether oxygens (including phenoxy) is 1. The zero-order valence-electron chi connectivity index (χ0n) is 13.4. The molecule has 0 aliphatic carbocycles. The van der Waals surface area contributed by atoms with Gasteiger partial charge >= 0.3 is 0 Å². The molecule has 0 aliphatic heterocycles. The van der Waals surface area contributed by atoms with Crippen molar-refractivity contribution in [3.63, 3.8) is 0 Å². The molecule has 126 valence electrons. The number of nitrogens with zero attached hydrogens (tertiary/aromatic N) is 2. The van der Waals surface area contributed by atoms with E-state index in [1.807, 2.05) is 6.07 Å². The first-order chi connectivity index (χ1) is 11.4. The van der Waals surface area contributed by atoms with E-state index in [9.17, 15) is 14.9 Å². The Bertz CT molecular complexity index is 764. The van der Waals surface area contributed by atoms with E-state index in [4.69, 9.17) is 16.3 Å². The third-order valence-electron chi connectivity index (χ3n) is 3.48. The van der Waals surface area contributed by atoms with E-state index >= 15 is 0 Å². The Kier molecular flexibility index (Phi) is 5.89. The van der Waals surface area contributed by atoms with E-state index < -0.39 is 4.92 Å². The zero-order valence-corrected chi connectivity index (χ0v) is 14.1. The van der Waals surface area contributed by atoms with Crippen LogP contribution in [0.2, 0.25) is 5.02 Å². The average molecular weight is 349 g/mol. The zero-order chi connectivity index (χ0) is 17.7. The minimum atomic E-state index is -0.490. The van der Waals surface area contributed by atoms with Crippen LogP contribution in [0.25, 0.3) is 0 Å². The van der Waals surface area contributed by atoms with Crippen LogP contribution in [0.1, 0.15) is 21.5 Å². The molecule has 0 bridgehead atoms. The Hall–Kier alpha value is -2.44. The van der Waals surface area contributed by atoms with Crippen LogP contribution in [0.4, 0.5) is 5.69 Å². The predicted molar refractivity (Wildman–Crippen MR) is 91.1 cm³/mol. The van der Waals surface area contributed by atoms with E-state index in [0.717, 1.165) is 5.56 Å². The summed E-state index contributed by atoms with van der Waals surface area (Å²) in [6, 6.07) is 11.3. The first kappa shape index (κ1) is 17.9. The number of nitro groups is 1. The number of hydrogen-bond donors (Lipinski definition) is 0. The van der Waals surface area contributed by atoms with Crippen molar-refractivity contribution < 1.29 is 14.5 Å². The van der Waals surface area contributed by atoms with E-state index in [1.54, 1.807) is 32.4 Å². The van der Waals surface area contributed by atoms with Gasteiger partial charge in [-0.15, -0.1) is 0 Å². The van der Waals surface area contributed by atoms with Crippen LogP contribution in [0.5, 0.6) is 0 Å². The SMILES string of the molecule is COCc1cccc(C(=O)N(C)Cc2cc([N+](=O)[O-])ccc2Cl)c1. The minimum absolute atomic E-state index is 0.0580. The molecule has 2 rings (SSSR count). The van der Waals surface area contributed by atoms with Gasteiger partial charge in [-0.2, -0.15) is 0 Å². The smallest absolute Gasteiger partial charge is 0.269 e. The van der Waals surface area contributed by atoms with Crippen molar-refractivity contribution in [3.05, 3.63) is 74.3 Å². The fraction of sp³-hybridized carbons (Fsp3) is 0.235. The van der Waals surface area contributed by atoms with E-state index in [2.05, 4.69) is 0 Å². The third-order valence-corrected chi connectivity index (χ3v) is 3.85. The van der Waals surface area contributed by atoms with Crippen molar-refractivity contribution in [2.75, 3.05) is 14.2 Å². The molecule has 0 spiro atoms. The second-order valence-corrected chi connectivity index (χ2v) is 5.73. The maximum absolute atomic E-state index is 12.5. The van der Waals surface area contributed by atoms with Gasteiger partial charge in [-0.05, 0) is 29.3 Å². The average Bonchev–Trinajstić information content (AvgIpc) is 2.56. The summed E-state index contributed by atoms with van der Waals surface area (Å²) in [6.07, 6.45) is 0. The summed E-state index contributed by atoms with van der Waals surface area (Å²) >= 11 is 6.09. The molecule has 0 fully saturated rings. The van der Waals surface area contributed by atoms with Crippen molar-refractivity contribution in [2.45, 2.75) is 13.2 Å². The maximum atomic E-state index is 12.5. The third kappa shape index (κ3) is 4.31. The number of non-ortho nitro benzene ring substituents is 1. The van der Waals surface area contributed by atoms with Crippen LogP contribution in [0, 0.1) is 10.1 Å². The predicted octanol–water partition coefficient (Wildman–Crippen LogP) is 3.67. The van der Waals surface area contributed by atoms with Crippen LogP contribution in [0.3, 0.4) is 0 Å². The molecule has 24 heavy (non-hydrogen) atoms. The Morgan fingerprint density at radius 1 is 1.29 bits per heavy atom. The lowest BCUT2D eigenvalue weighted by Gasteiger charge is -2.18. The molecule has 0 heterocycles. The standard InChI is InChI=1S/C17H17ClN2O4/c1-19(10-14-9-15(20(22)23)6-7-16(14)18)17(21)13-5-3-4-12(8-13)11-24-2/h3-9H,10-11H2,1-2H3. The summed E-state index contributed by atoms with van der Waals surface area (Å²) in [4.78, 5) is 24.4. The van der Waals surface area contributed by atoms with Gasteiger partial charge in [0.2, 0.25) is 0 Å². The highest BCUT2D eigenvalue weighted by Gasteiger charge is 2.16. The molecule has 0 saturated heterocycles. The molecule has 7 heteroatoms. The van der Waals surface area contributed by atoms with Gasteiger partial charge in [-0.25, -0.2) is 0 Å². The fourth-order valence-corrected chi connectivity index (χ4v) is 2.48. The summed E-state index contributed by atoms with van der Waals surface area (Å²) in [5, 5.41) is 11.3. The number of methoxy groups -OCH3 is 1. The number of benzene rings is 2. The topological polar surface area (TPSA) is 72.7 Å². The second-order valence-electron chi connectivity index (χ2n) is 5.33. The van der Waals surface area contributed by atoms with Crippen molar-refractivity contribution in [1.29, 1.82) is 0 Å². The molecule has 6 nitrogen and oxygen atoms in total. The molecule has 0 N–H and O–H groups in total. The first-order valence-electron chi connectivity index (χ1n) is 7.18. The number of carbonyl (C=O) groups is 1. The summed E-state index contributed by atoms with van der Waals surface area (Å²) in [7, 11) is 3.21. The van der Waals surface area contributed by atoms with Gasteiger partial charge < -0.3 is 9.64 Å². The van der Waals surface area contributed by atoms with Crippen LogP contribution in [-0.4, -0.2) is 29.9 Å². The van der Waals surface area contributed by atoms with Crippen molar-refractivity contribution >= 4 is 23.2 Å². The molecule has 0 aromatic heterocycles. The Labute approximate surface area is 144 Å². The Morgan fingerprint density at radius 2 is 2.04 bits per heavy atom. The van der Waals surface area contributed by atoms with Crippen LogP contribution >= 0.6 is 11.6 Å². The molecule has 0 aliphatic rings. The van der Waals surface area contributed by atoms with E-state index in [0.29, 0.717) is 22.8 Å². The molecule has 2 aromatic rings. The maximum Gasteiger partial charge on any atom is 0.269 e.